The highest BCUT2D eigenvalue weighted by Gasteiger charge is 2.54. The van der Waals surface area contributed by atoms with Crippen LogP contribution in [0.3, 0.4) is 0 Å². The number of carbonyl (C=O) groups excluding carboxylic acids is 2. The second kappa shape index (κ2) is 10.3. The number of hydrogen-bond acceptors (Lipinski definition) is 11. The summed E-state index contributed by atoms with van der Waals surface area (Å²) in [6, 6.07) is -0.886. The van der Waals surface area contributed by atoms with E-state index in [0.717, 1.165) is 37.2 Å². The molecule has 0 aromatic carbocycles. The van der Waals surface area contributed by atoms with Crippen molar-refractivity contribution in [1.82, 2.24) is 15.2 Å². The van der Waals surface area contributed by atoms with Crippen LogP contribution < -0.4 is 11.1 Å². The molecule has 1 aromatic heterocycles. The third kappa shape index (κ3) is 4.98. The van der Waals surface area contributed by atoms with E-state index in [1.54, 1.807) is 5.38 Å². The Bertz CT molecular complexity index is 1010. The van der Waals surface area contributed by atoms with E-state index < -0.39 is 29.2 Å². The van der Waals surface area contributed by atoms with E-state index in [1.807, 2.05) is 0 Å². The smallest absolute Gasteiger partial charge is 0.353 e. The first-order chi connectivity index (χ1) is 15.9. The van der Waals surface area contributed by atoms with Gasteiger partial charge in [-0.3, -0.25) is 14.5 Å². The van der Waals surface area contributed by atoms with E-state index in [4.69, 9.17) is 15.3 Å². The minimum atomic E-state index is -1.16. The third-order valence-corrected chi connectivity index (χ3v) is 8.66. The number of thioether (sulfide) groups is 2. The van der Waals surface area contributed by atoms with Crippen LogP contribution in [0.1, 0.15) is 25.0 Å². The molecule has 2 fully saturated rings. The maximum Gasteiger partial charge on any atom is 0.353 e. The van der Waals surface area contributed by atoms with Gasteiger partial charge < -0.3 is 25.7 Å². The van der Waals surface area contributed by atoms with E-state index in [9.17, 15) is 19.5 Å². The number of nitrogens with zero attached hydrogens (tertiary/aromatic N) is 3. The molecule has 3 unspecified atom stereocenters. The van der Waals surface area contributed by atoms with Crippen molar-refractivity contribution in [3.8, 4) is 0 Å². The Morgan fingerprint density at radius 3 is 2.94 bits per heavy atom. The lowest BCUT2D eigenvalue weighted by Gasteiger charge is -2.49. The summed E-state index contributed by atoms with van der Waals surface area (Å²) in [7, 11) is 1.29. The number of nitrogens with two attached hydrogens (primary N) is 1. The zero-order valence-corrected chi connectivity index (χ0v) is 20.1. The number of ether oxygens (including phenoxy) is 1. The summed E-state index contributed by atoms with van der Waals surface area (Å²) in [4.78, 5) is 48.4. The molecule has 3 aliphatic rings. The molecule has 0 bridgehead atoms. The zero-order chi connectivity index (χ0) is 23.5. The molecule has 0 saturated carbocycles. The molecule has 2 saturated heterocycles. The number of carboxylic acids is 1. The van der Waals surface area contributed by atoms with E-state index in [0.29, 0.717) is 16.4 Å². The van der Waals surface area contributed by atoms with Gasteiger partial charge in [-0.1, -0.05) is 5.16 Å². The second-order valence-corrected chi connectivity index (χ2v) is 10.5. The van der Waals surface area contributed by atoms with Gasteiger partial charge in [0.1, 0.15) is 29.9 Å². The van der Waals surface area contributed by atoms with Crippen molar-refractivity contribution >= 4 is 63.5 Å². The van der Waals surface area contributed by atoms with Gasteiger partial charge in [0, 0.05) is 28.4 Å². The topological polar surface area (TPSA) is 156 Å². The Kier molecular flexibility index (Phi) is 7.46. The Labute approximate surface area is 202 Å². The largest absolute Gasteiger partial charge is 0.477 e. The predicted octanol–water partition coefficient (Wildman–Crippen LogP) is 1.07. The van der Waals surface area contributed by atoms with Crippen LogP contribution in [0.4, 0.5) is 5.13 Å². The van der Waals surface area contributed by atoms with Crippen LogP contribution in [0.2, 0.25) is 0 Å². The number of nitrogen functional groups attached to an aromatic ring is 1. The van der Waals surface area contributed by atoms with Gasteiger partial charge >= 0.3 is 5.97 Å². The molecule has 14 heteroatoms. The van der Waals surface area contributed by atoms with Crippen molar-refractivity contribution in [2.45, 2.75) is 36.8 Å². The Morgan fingerprint density at radius 2 is 2.30 bits per heavy atom. The molecule has 4 N–H and O–H groups in total. The van der Waals surface area contributed by atoms with E-state index in [2.05, 4.69) is 15.5 Å². The number of oxime groups is 1. The number of fused-ring (bicyclic) bond motifs is 1. The summed E-state index contributed by atoms with van der Waals surface area (Å²) in [5, 5.41) is 17.5. The number of rotatable bonds is 8. The molecule has 3 aliphatic heterocycles. The summed E-state index contributed by atoms with van der Waals surface area (Å²) >= 11 is 3.98. The van der Waals surface area contributed by atoms with Crippen molar-refractivity contribution in [2.24, 2.45) is 5.16 Å². The first-order valence-electron chi connectivity index (χ1n) is 10.2. The van der Waals surface area contributed by atoms with E-state index in [1.165, 1.54) is 35.5 Å². The fourth-order valence-corrected chi connectivity index (χ4v) is 6.99. The minimum absolute atomic E-state index is 0.0203. The monoisotopic (exact) mass is 513 g/mol. The van der Waals surface area contributed by atoms with Crippen LogP contribution in [-0.4, -0.2) is 81.2 Å². The van der Waals surface area contributed by atoms with Gasteiger partial charge in [0.15, 0.2) is 10.8 Å². The van der Waals surface area contributed by atoms with E-state index >= 15 is 0 Å². The molecule has 2 amide bonds. The second-order valence-electron chi connectivity index (χ2n) is 7.43. The van der Waals surface area contributed by atoms with Crippen molar-refractivity contribution in [3.05, 3.63) is 21.7 Å². The van der Waals surface area contributed by atoms with E-state index in [-0.39, 0.29) is 28.3 Å². The average molecular weight is 514 g/mol. The van der Waals surface area contributed by atoms with Gasteiger partial charge in [-0.15, -0.1) is 34.9 Å². The number of aliphatic carboxylic acids is 1. The number of thiazole rings is 1. The number of aromatic nitrogens is 1. The maximum atomic E-state index is 12.9. The lowest BCUT2D eigenvalue weighted by atomic mass is 10.0. The number of β-lactam (4-membered cyclic amide) rings is 1. The quantitative estimate of drug-likeness (QED) is 0.261. The van der Waals surface area contributed by atoms with Crippen LogP contribution in [0.15, 0.2) is 21.1 Å². The lowest BCUT2D eigenvalue weighted by molar-refractivity contribution is -0.150. The molecule has 3 atom stereocenters. The fraction of sp³-hybridized carbons (Fsp3) is 0.526. The first-order valence-corrected chi connectivity index (χ1v) is 13.1. The highest BCUT2D eigenvalue weighted by molar-refractivity contribution is 8.06. The molecule has 0 spiro atoms. The highest BCUT2D eigenvalue weighted by atomic mass is 32.2. The molecule has 178 valence electrons. The van der Waals surface area contributed by atoms with Crippen LogP contribution in [-0.2, 0) is 24.0 Å². The van der Waals surface area contributed by atoms with Gasteiger partial charge in [-0.2, -0.15) is 0 Å². The van der Waals surface area contributed by atoms with Gasteiger partial charge in [0.05, 0.1) is 6.10 Å². The van der Waals surface area contributed by atoms with Crippen molar-refractivity contribution in [3.63, 3.8) is 0 Å². The zero-order valence-electron chi connectivity index (χ0n) is 17.7. The number of anilines is 1. The Hall–Kier alpha value is -2.29. The minimum Gasteiger partial charge on any atom is -0.477 e. The van der Waals surface area contributed by atoms with Gasteiger partial charge in [-0.25, -0.2) is 9.78 Å². The Morgan fingerprint density at radius 1 is 1.48 bits per heavy atom. The van der Waals surface area contributed by atoms with Crippen LogP contribution >= 0.6 is 34.9 Å². The summed E-state index contributed by atoms with van der Waals surface area (Å²) in [6.07, 6.45) is 3.18. The van der Waals surface area contributed by atoms with Crippen LogP contribution in [0.25, 0.3) is 0 Å². The highest BCUT2D eigenvalue weighted by Crippen LogP contribution is 2.43. The SMILES string of the molecule is CO/N=C(\C(=O)NC1C(=O)N2C(C(=O)O)=C(SCC3CCCCO3)CSC12)c1csc(N)n1. The van der Waals surface area contributed by atoms with Crippen LogP contribution in [0.5, 0.6) is 0 Å². The number of hydrogen-bond donors (Lipinski definition) is 3. The average Bonchev–Trinajstić information content (AvgIpc) is 3.25. The summed E-state index contributed by atoms with van der Waals surface area (Å²) in [5.74, 6) is -1.23. The van der Waals surface area contributed by atoms with Gasteiger partial charge in [0.2, 0.25) is 0 Å². The molecule has 4 rings (SSSR count). The Balaban J connectivity index is 1.45. The van der Waals surface area contributed by atoms with Crippen molar-refractivity contribution < 1.29 is 29.1 Å². The molecular formula is C19H23N5O6S3. The normalized spacial score (nSPS) is 25.4. The number of amides is 2. The van der Waals surface area contributed by atoms with Gasteiger partial charge in [-0.05, 0) is 19.3 Å². The van der Waals surface area contributed by atoms with Crippen molar-refractivity contribution in [1.29, 1.82) is 0 Å². The summed E-state index contributed by atoms with van der Waals surface area (Å²) < 4.78 is 5.73. The third-order valence-electron chi connectivity index (χ3n) is 5.30. The standard InChI is InChI=1S/C19H23N5O6S3/c1-29-23-12(10-7-33-19(20)21-10)15(25)22-13-16(26)24-14(18(27)28)11(8-32-17(13)24)31-6-9-4-2-3-5-30-9/h7,9,13,17H,2-6,8H2,1H3,(H2,20,21)(H,22,25)(H,27,28)/b23-12-. The van der Waals surface area contributed by atoms with Crippen molar-refractivity contribution in [2.75, 3.05) is 31.0 Å². The lowest BCUT2D eigenvalue weighted by Crippen LogP contribution is -2.71. The molecule has 0 aliphatic carbocycles. The summed E-state index contributed by atoms with van der Waals surface area (Å²) in [5.41, 5.74) is 5.73. The predicted molar refractivity (Wildman–Crippen MR) is 126 cm³/mol. The number of carboxylic acid groups (broad SMARTS) is 1. The molecule has 4 heterocycles. The van der Waals surface area contributed by atoms with Gasteiger partial charge in [0.25, 0.3) is 11.8 Å². The molecule has 0 radical (unpaired) electrons. The maximum absolute atomic E-state index is 12.9. The number of nitrogens with one attached hydrogen (secondary N) is 1. The fourth-order valence-electron chi connectivity index (χ4n) is 3.74. The molecular weight excluding hydrogens is 490 g/mol. The molecule has 1 aromatic rings. The molecule has 11 nitrogen and oxygen atoms in total. The first kappa shape index (κ1) is 23.9. The van der Waals surface area contributed by atoms with Crippen LogP contribution in [0, 0.1) is 0 Å². The molecule has 33 heavy (non-hydrogen) atoms. The summed E-state index contributed by atoms with van der Waals surface area (Å²) in [6.45, 7) is 0.723. The number of carbonyl (C=O) groups is 3.